The quantitative estimate of drug-likeness (QED) is 0.436. The normalized spacial score (nSPS) is 11.0. The maximum atomic E-state index is 11.5. The van der Waals surface area contributed by atoms with Gasteiger partial charge < -0.3 is 0 Å². The summed E-state index contributed by atoms with van der Waals surface area (Å²) in [5.74, 6) is 0.918. The number of H-pyrrole nitrogens is 1. The SMILES string of the molecule is CCc1cc(=O)[nH]c2nnc(SCc3cccc([N+](=O)[O-])c3)n12. The highest BCUT2D eigenvalue weighted by Gasteiger charge is 2.12. The predicted octanol–water partition coefficient (Wildman–Crippen LogP) is 2.18. The van der Waals surface area contributed by atoms with Gasteiger partial charge >= 0.3 is 0 Å². The molecule has 2 aromatic heterocycles. The van der Waals surface area contributed by atoms with Gasteiger partial charge in [-0.05, 0) is 12.0 Å². The summed E-state index contributed by atoms with van der Waals surface area (Å²) < 4.78 is 1.80. The van der Waals surface area contributed by atoms with Crippen LogP contribution in [0.1, 0.15) is 18.2 Å². The average Bonchev–Trinajstić information content (AvgIpc) is 2.95. The van der Waals surface area contributed by atoms with E-state index in [0.717, 1.165) is 11.3 Å². The number of nitrogens with one attached hydrogen (secondary N) is 1. The molecule has 0 aliphatic carbocycles. The highest BCUT2D eigenvalue weighted by Crippen LogP contribution is 2.24. The standard InChI is InChI=1S/C14H13N5O3S/c1-2-10-7-12(20)15-13-16-17-14(18(10)13)23-8-9-4-3-5-11(6-9)19(21)22/h3-7H,2,8H2,1H3,(H,15,16,20). The molecular weight excluding hydrogens is 318 g/mol. The molecule has 8 nitrogen and oxygen atoms in total. The highest BCUT2D eigenvalue weighted by atomic mass is 32.2. The first-order valence-corrected chi connectivity index (χ1v) is 7.90. The fourth-order valence-electron chi connectivity index (χ4n) is 2.23. The summed E-state index contributed by atoms with van der Waals surface area (Å²) in [5, 5.41) is 19.5. The molecule has 0 saturated carbocycles. The molecule has 9 heteroatoms. The minimum Gasteiger partial charge on any atom is -0.291 e. The maximum Gasteiger partial charge on any atom is 0.269 e. The van der Waals surface area contributed by atoms with Gasteiger partial charge in [0.05, 0.1) is 4.92 Å². The Morgan fingerprint density at radius 3 is 2.91 bits per heavy atom. The number of nitrogens with zero attached hydrogens (tertiary/aromatic N) is 4. The van der Waals surface area contributed by atoms with Crippen LogP contribution in [0.3, 0.4) is 0 Å². The van der Waals surface area contributed by atoms with Gasteiger partial charge in [0.1, 0.15) is 0 Å². The van der Waals surface area contributed by atoms with Crippen molar-refractivity contribution in [1.82, 2.24) is 19.6 Å². The van der Waals surface area contributed by atoms with Crippen molar-refractivity contribution >= 4 is 23.2 Å². The van der Waals surface area contributed by atoms with Crippen molar-refractivity contribution < 1.29 is 4.92 Å². The van der Waals surface area contributed by atoms with Crippen molar-refractivity contribution in [2.24, 2.45) is 0 Å². The fraction of sp³-hybridized carbons (Fsp3) is 0.214. The van der Waals surface area contributed by atoms with Gasteiger partial charge in [-0.1, -0.05) is 30.8 Å². The number of aryl methyl sites for hydroxylation is 1. The van der Waals surface area contributed by atoms with Crippen LogP contribution in [0.2, 0.25) is 0 Å². The van der Waals surface area contributed by atoms with Crippen LogP contribution in [-0.2, 0) is 12.2 Å². The minimum atomic E-state index is -0.416. The second-order valence-electron chi connectivity index (χ2n) is 4.84. The highest BCUT2D eigenvalue weighted by molar-refractivity contribution is 7.98. The van der Waals surface area contributed by atoms with E-state index in [9.17, 15) is 14.9 Å². The molecule has 3 rings (SSSR count). The molecule has 0 fully saturated rings. The van der Waals surface area contributed by atoms with Crippen molar-refractivity contribution in [3.8, 4) is 0 Å². The molecule has 0 atom stereocenters. The number of aromatic nitrogens is 4. The van der Waals surface area contributed by atoms with E-state index in [1.165, 1.54) is 23.9 Å². The molecule has 0 unspecified atom stereocenters. The van der Waals surface area contributed by atoms with Gasteiger partial charge in [-0.3, -0.25) is 24.3 Å². The van der Waals surface area contributed by atoms with E-state index in [2.05, 4.69) is 15.2 Å². The zero-order valence-corrected chi connectivity index (χ0v) is 13.0. The number of nitro benzene ring substituents is 1. The van der Waals surface area contributed by atoms with Crippen LogP contribution in [0, 0.1) is 10.1 Å². The van der Waals surface area contributed by atoms with Crippen LogP contribution in [0.5, 0.6) is 0 Å². The summed E-state index contributed by atoms with van der Waals surface area (Å²) in [6.07, 6.45) is 0.669. The van der Waals surface area contributed by atoms with Crippen molar-refractivity contribution in [3.63, 3.8) is 0 Å². The first kappa shape index (κ1) is 15.2. The average molecular weight is 331 g/mol. The minimum absolute atomic E-state index is 0.0628. The molecular formula is C14H13N5O3S. The smallest absolute Gasteiger partial charge is 0.269 e. The Morgan fingerprint density at radius 2 is 2.17 bits per heavy atom. The lowest BCUT2D eigenvalue weighted by Crippen LogP contribution is -2.11. The molecule has 1 aromatic carbocycles. The molecule has 1 N–H and O–H groups in total. The van der Waals surface area contributed by atoms with E-state index in [1.807, 2.05) is 13.0 Å². The molecule has 0 saturated heterocycles. The number of non-ortho nitro benzene ring substituents is 1. The molecule has 0 amide bonds. The summed E-state index contributed by atoms with van der Waals surface area (Å²) in [6, 6.07) is 8.00. The topological polar surface area (TPSA) is 106 Å². The van der Waals surface area contributed by atoms with Crippen molar-refractivity contribution in [1.29, 1.82) is 0 Å². The number of aromatic amines is 1. The number of thioether (sulfide) groups is 1. The maximum absolute atomic E-state index is 11.5. The second kappa shape index (κ2) is 6.21. The Balaban J connectivity index is 1.89. The molecule has 118 valence electrons. The molecule has 2 heterocycles. The van der Waals surface area contributed by atoms with Crippen molar-refractivity contribution in [3.05, 3.63) is 62.1 Å². The van der Waals surface area contributed by atoms with Gasteiger partial charge in [0.15, 0.2) is 5.16 Å². The van der Waals surface area contributed by atoms with Crippen LogP contribution < -0.4 is 5.56 Å². The number of rotatable bonds is 5. The van der Waals surface area contributed by atoms with Crippen LogP contribution in [0.4, 0.5) is 5.69 Å². The lowest BCUT2D eigenvalue weighted by molar-refractivity contribution is -0.384. The fourth-order valence-corrected chi connectivity index (χ4v) is 3.14. The Hall–Kier alpha value is -2.68. The molecule has 0 spiro atoms. The van der Waals surface area contributed by atoms with Gasteiger partial charge in [-0.2, -0.15) is 0 Å². The van der Waals surface area contributed by atoms with Crippen LogP contribution in [0.15, 0.2) is 40.3 Å². The molecule has 0 aliphatic heterocycles. The molecule has 0 bridgehead atoms. The molecule has 23 heavy (non-hydrogen) atoms. The Kier molecular flexibility index (Phi) is 4.11. The zero-order valence-electron chi connectivity index (χ0n) is 12.2. The number of fused-ring (bicyclic) bond motifs is 1. The van der Waals surface area contributed by atoms with E-state index in [1.54, 1.807) is 16.5 Å². The van der Waals surface area contributed by atoms with Gasteiger partial charge in [0.2, 0.25) is 5.78 Å². The van der Waals surface area contributed by atoms with E-state index in [4.69, 9.17) is 0 Å². The Bertz CT molecular complexity index is 934. The monoisotopic (exact) mass is 331 g/mol. The van der Waals surface area contributed by atoms with E-state index in [0.29, 0.717) is 23.1 Å². The molecule has 0 radical (unpaired) electrons. The summed E-state index contributed by atoms with van der Waals surface area (Å²) in [7, 11) is 0. The first-order chi connectivity index (χ1) is 11.1. The van der Waals surface area contributed by atoms with Crippen LogP contribution >= 0.6 is 11.8 Å². The van der Waals surface area contributed by atoms with Crippen LogP contribution in [0.25, 0.3) is 5.78 Å². The van der Waals surface area contributed by atoms with Gasteiger partial charge in [0, 0.05) is 29.6 Å². The van der Waals surface area contributed by atoms with E-state index in [-0.39, 0.29) is 11.2 Å². The summed E-state index contributed by atoms with van der Waals surface area (Å²) >= 11 is 1.41. The lowest BCUT2D eigenvalue weighted by Gasteiger charge is -2.05. The summed E-state index contributed by atoms with van der Waals surface area (Å²) in [5.41, 5.74) is 1.49. The second-order valence-corrected chi connectivity index (χ2v) is 5.78. The van der Waals surface area contributed by atoms with Crippen molar-refractivity contribution in [2.45, 2.75) is 24.3 Å². The number of hydrogen-bond acceptors (Lipinski definition) is 6. The van der Waals surface area contributed by atoms with Gasteiger partial charge in [-0.25, -0.2) is 0 Å². The van der Waals surface area contributed by atoms with E-state index >= 15 is 0 Å². The summed E-state index contributed by atoms with van der Waals surface area (Å²) in [6.45, 7) is 1.95. The summed E-state index contributed by atoms with van der Waals surface area (Å²) in [4.78, 5) is 24.6. The third kappa shape index (κ3) is 3.09. The predicted molar refractivity (Wildman–Crippen MR) is 85.6 cm³/mol. The third-order valence-electron chi connectivity index (χ3n) is 3.30. The third-order valence-corrected chi connectivity index (χ3v) is 4.30. The van der Waals surface area contributed by atoms with Gasteiger partial charge in [-0.15, -0.1) is 10.2 Å². The number of hydrogen-bond donors (Lipinski definition) is 1. The lowest BCUT2D eigenvalue weighted by atomic mass is 10.2. The molecule has 0 aliphatic rings. The van der Waals surface area contributed by atoms with Gasteiger partial charge in [0.25, 0.3) is 11.2 Å². The molecule has 3 aromatic rings. The van der Waals surface area contributed by atoms with Crippen LogP contribution in [-0.4, -0.2) is 24.5 Å². The first-order valence-electron chi connectivity index (χ1n) is 6.92. The number of nitro groups is 1. The zero-order chi connectivity index (χ0) is 16.4. The number of benzene rings is 1. The largest absolute Gasteiger partial charge is 0.291 e. The van der Waals surface area contributed by atoms with E-state index < -0.39 is 4.92 Å². The Labute approximate surface area is 134 Å². The Morgan fingerprint density at radius 1 is 1.35 bits per heavy atom. The van der Waals surface area contributed by atoms with Crippen molar-refractivity contribution in [2.75, 3.05) is 0 Å².